The average Bonchev–Trinajstić information content (AvgIpc) is 2.64. The van der Waals surface area contributed by atoms with Crippen molar-refractivity contribution in [2.45, 2.75) is 64.6 Å². The Kier molecular flexibility index (Phi) is 8.60. The molecule has 1 fully saturated rings. The molecule has 0 aliphatic heterocycles. The normalized spacial score (nSPS) is 24.0. The molecule has 1 aromatic rings. The molecule has 172 valence electrons. The molecule has 0 bridgehead atoms. The molecule has 0 radical (unpaired) electrons. The third-order valence-corrected chi connectivity index (χ3v) is 6.50. The highest BCUT2D eigenvalue weighted by Gasteiger charge is 2.50. The van der Waals surface area contributed by atoms with Crippen LogP contribution in [0.25, 0.3) is 0 Å². The summed E-state index contributed by atoms with van der Waals surface area (Å²) in [5, 5.41) is 7.21. The fourth-order valence-corrected chi connectivity index (χ4v) is 4.76. The Labute approximate surface area is 196 Å². The number of halogens is 2. The molecule has 2 amide bonds. The molecule has 2 N–H and O–H groups in total. The smallest absolute Gasteiger partial charge is 0.246 e. The highest BCUT2D eigenvalue weighted by Crippen LogP contribution is 2.39. The summed E-state index contributed by atoms with van der Waals surface area (Å²) in [5.74, 6) is -0.197. The van der Waals surface area contributed by atoms with Gasteiger partial charge in [-0.2, -0.15) is 0 Å². The lowest BCUT2D eigenvalue weighted by Gasteiger charge is -2.47. The molecule has 1 aliphatic rings. The lowest BCUT2D eigenvalue weighted by molar-refractivity contribution is -0.139. The summed E-state index contributed by atoms with van der Waals surface area (Å²) in [6.07, 6.45) is 4.21. The third-order valence-electron chi connectivity index (χ3n) is 5.76. The van der Waals surface area contributed by atoms with Crippen LogP contribution in [0.2, 0.25) is 10.0 Å². The molecule has 1 saturated carbocycles. The molecule has 0 spiro atoms. The summed E-state index contributed by atoms with van der Waals surface area (Å²) in [7, 11) is 2.02. The minimum absolute atomic E-state index is 0.0391. The predicted octanol–water partition coefficient (Wildman–Crippen LogP) is 4.82. The van der Waals surface area contributed by atoms with Crippen LogP contribution in [0.15, 0.2) is 30.9 Å². The van der Waals surface area contributed by atoms with Crippen molar-refractivity contribution in [3.8, 4) is 0 Å². The van der Waals surface area contributed by atoms with E-state index in [-0.39, 0.29) is 23.7 Å². The predicted molar refractivity (Wildman–Crippen MR) is 128 cm³/mol. The zero-order chi connectivity index (χ0) is 23.4. The fraction of sp³-hybridized carbons (Fsp3) is 0.583. The average molecular weight is 468 g/mol. The minimum atomic E-state index is -0.984. The molecule has 0 aromatic heterocycles. The van der Waals surface area contributed by atoms with E-state index in [1.165, 1.54) is 6.92 Å². The molecule has 1 aliphatic carbocycles. The van der Waals surface area contributed by atoms with Crippen LogP contribution in [0.4, 0.5) is 0 Å². The molecule has 7 heteroatoms. The van der Waals surface area contributed by atoms with Crippen molar-refractivity contribution in [2.24, 2.45) is 11.8 Å². The van der Waals surface area contributed by atoms with E-state index in [9.17, 15) is 9.59 Å². The van der Waals surface area contributed by atoms with E-state index in [1.54, 1.807) is 6.07 Å². The topological polar surface area (TPSA) is 61.4 Å². The summed E-state index contributed by atoms with van der Waals surface area (Å²) in [6.45, 7) is 12.6. The summed E-state index contributed by atoms with van der Waals surface area (Å²) < 4.78 is 0. The van der Waals surface area contributed by atoms with Gasteiger partial charge in [0.15, 0.2) is 0 Å². The maximum atomic E-state index is 13.6. The summed E-state index contributed by atoms with van der Waals surface area (Å²) >= 11 is 12.2. The summed E-state index contributed by atoms with van der Waals surface area (Å²) in [5.41, 5.74) is -0.344. The van der Waals surface area contributed by atoms with Gasteiger partial charge in [0.1, 0.15) is 5.54 Å². The van der Waals surface area contributed by atoms with E-state index in [1.807, 2.05) is 46.0 Å². The van der Waals surface area contributed by atoms with Gasteiger partial charge in [-0.05, 0) is 70.7 Å². The quantitative estimate of drug-likeness (QED) is 0.565. The van der Waals surface area contributed by atoms with Crippen molar-refractivity contribution in [2.75, 3.05) is 13.6 Å². The molecule has 2 rings (SSSR count). The first-order chi connectivity index (χ1) is 14.4. The van der Waals surface area contributed by atoms with Gasteiger partial charge in [0.25, 0.3) is 0 Å². The molecular weight excluding hydrogens is 433 g/mol. The van der Waals surface area contributed by atoms with E-state index in [2.05, 4.69) is 22.1 Å². The number of nitrogens with one attached hydrogen (secondary N) is 2. The first-order valence-electron chi connectivity index (χ1n) is 10.7. The number of nitrogens with zero attached hydrogens (tertiary/aromatic N) is 1. The van der Waals surface area contributed by atoms with Crippen LogP contribution in [0.1, 0.15) is 52.5 Å². The van der Waals surface area contributed by atoms with Crippen LogP contribution in [-0.4, -0.2) is 41.4 Å². The second kappa shape index (κ2) is 10.4. The van der Waals surface area contributed by atoms with Gasteiger partial charge < -0.3 is 15.5 Å². The molecule has 31 heavy (non-hydrogen) atoms. The molecule has 0 unspecified atom stereocenters. The number of allylic oxidation sites excluding steroid dienone is 1. The van der Waals surface area contributed by atoms with Crippen LogP contribution in [0.3, 0.4) is 0 Å². The third kappa shape index (κ3) is 6.96. The Balaban J connectivity index is 2.30. The van der Waals surface area contributed by atoms with E-state index in [0.29, 0.717) is 29.6 Å². The van der Waals surface area contributed by atoms with Crippen molar-refractivity contribution in [1.29, 1.82) is 0 Å². The molecule has 0 saturated heterocycles. The first-order valence-corrected chi connectivity index (χ1v) is 11.5. The molecule has 3 atom stereocenters. The van der Waals surface area contributed by atoms with Crippen LogP contribution < -0.4 is 10.6 Å². The standard InChI is InChI=1S/C24H35Cl2N3O2/c1-7-17-8-10-19(15-29(6)14-18-9-11-20(25)21(26)12-18)24(13-17,27-16(2)30)22(31)28-23(3,4)5/h7,9,11-12,17,19H,1,8,10,13-15H2,2-6H3,(H,27,30)(H,28,31)/t17-,19+,24-/m1/s1. The highest BCUT2D eigenvalue weighted by molar-refractivity contribution is 6.42. The molecular formula is C24H35Cl2N3O2. The van der Waals surface area contributed by atoms with Crippen molar-refractivity contribution >= 4 is 35.0 Å². The largest absolute Gasteiger partial charge is 0.349 e. The highest BCUT2D eigenvalue weighted by atomic mass is 35.5. The van der Waals surface area contributed by atoms with Crippen molar-refractivity contribution in [1.82, 2.24) is 15.5 Å². The number of rotatable bonds is 7. The lowest BCUT2D eigenvalue weighted by Crippen LogP contribution is -2.68. The van der Waals surface area contributed by atoms with Gasteiger partial charge in [0, 0.05) is 31.5 Å². The number of amides is 2. The van der Waals surface area contributed by atoms with Crippen LogP contribution >= 0.6 is 23.2 Å². The van der Waals surface area contributed by atoms with Crippen LogP contribution in [-0.2, 0) is 16.1 Å². The monoisotopic (exact) mass is 467 g/mol. The van der Waals surface area contributed by atoms with E-state index >= 15 is 0 Å². The summed E-state index contributed by atoms with van der Waals surface area (Å²) in [6, 6.07) is 5.61. The van der Waals surface area contributed by atoms with Crippen molar-refractivity contribution in [3.05, 3.63) is 46.5 Å². The van der Waals surface area contributed by atoms with Gasteiger partial charge in [-0.3, -0.25) is 9.59 Å². The SMILES string of the molecule is C=C[C@@H]1CC[C@@H](CN(C)Cc2ccc(Cl)c(Cl)c2)[C@@](NC(C)=O)(C(=O)NC(C)(C)C)C1. The molecule has 5 nitrogen and oxygen atoms in total. The number of hydrogen-bond acceptors (Lipinski definition) is 3. The van der Waals surface area contributed by atoms with Crippen LogP contribution in [0.5, 0.6) is 0 Å². The fourth-order valence-electron chi connectivity index (χ4n) is 4.44. The Morgan fingerprint density at radius 1 is 1.26 bits per heavy atom. The van der Waals surface area contributed by atoms with Crippen molar-refractivity contribution in [3.63, 3.8) is 0 Å². The van der Waals surface area contributed by atoms with Gasteiger partial charge >= 0.3 is 0 Å². The van der Waals surface area contributed by atoms with Gasteiger partial charge in [-0.15, -0.1) is 6.58 Å². The lowest BCUT2D eigenvalue weighted by atomic mass is 9.67. The molecule has 0 heterocycles. The maximum Gasteiger partial charge on any atom is 0.246 e. The second-order valence-electron chi connectivity index (χ2n) is 9.78. The Morgan fingerprint density at radius 3 is 2.48 bits per heavy atom. The van der Waals surface area contributed by atoms with Crippen LogP contribution in [0, 0.1) is 11.8 Å². The second-order valence-corrected chi connectivity index (χ2v) is 10.6. The first kappa shape index (κ1) is 25.7. The van der Waals surface area contributed by atoms with Gasteiger partial charge in [0.2, 0.25) is 11.8 Å². The molecule has 1 aromatic carbocycles. The van der Waals surface area contributed by atoms with Gasteiger partial charge in [0.05, 0.1) is 10.0 Å². The van der Waals surface area contributed by atoms with Gasteiger partial charge in [-0.1, -0.05) is 35.3 Å². The summed E-state index contributed by atoms with van der Waals surface area (Å²) in [4.78, 5) is 27.9. The Bertz CT molecular complexity index is 822. The zero-order valence-corrected chi connectivity index (χ0v) is 20.7. The van der Waals surface area contributed by atoms with E-state index in [0.717, 1.165) is 18.4 Å². The Morgan fingerprint density at radius 2 is 1.94 bits per heavy atom. The minimum Gasteiger partial charge on any atom is -0.349 e. The maximum absolute atomic E-state index is 13.6. The van der Waals surface area contributed by atoms with E-state index in [4.69, 9.17) is 23.2 Å². The number of carbonyl (C=O) groups excluding carboxylic acids is 2. The van der Waals surface area contributed by atoms with E-state index < -0.39 is 11.1 Å². The zero-order valence-electron chi connectivity index (χ0n) is 19.2. The van der Waals surface area contributed by atoms with Crippen molar-refractivity contribution < 1.29 is 9.59 Å². The number of benzene rings is 1. The van der Waals surface area contributed by atoms with Gasteiger partial charge in [-0.25, -0.2) is 0 Å². The number of carbonyl (C=O) groups is 2. The Hall–Kier alpha value is -1.56. The number of hydrogen-bond donors (Lipinski definition) is 2.